The molecule has 2 aliphatic rings. The number of carbonyl (C=O) groups excluding carboxylic acids is 2. The van der Waals surface area contributed by atoms with Crippen molar-refractivity contribution in [2.24, 2.45) is 0 Å². The van der Waals surface area contributed by atoms with E-state index in [2.05, 4.69) is 10.2 Å². The second kappa shape index (κ2) is 5.62. The van der Waals surface area contributed by atoms with Crippen LogP contribution in [0.2, 0.25) is 0 Å². The smallest absolute Gasteiger partial charge is 0.265 e. The first-order valence-corrected chi connectivity index (χ1v) is 7.14. The van der Waals surface area contributed by atoms with Gasteiger partial charge in [0.05, 0.1) is 5.57 Å². The molecule has 1 aromatic carbocycles. The molecule has 2 amide bonds. The van der Waals surface area contributed by atoms with E-state index in [1.165, 1.54) is 0 Å². The fraction of sp³-hybridized carbons (Fsp3) is 0.312. The Bertz CT molecular complexity index is 709. The molecule has 22 heavy (non-hydrogen) atoms. The van der Waals surface area contributed by atoms with Crippen LogP contribution in [0.15, 0.2) is 29.8 Å². The minimum absolute atomic E-state index is 0.0768. The van der Waals surface area contributed by atoms with E-state index in [0.717, 1.165) is 13.1 Å². The molecule has 0 aromatic heterocycles. The molecule has 0 spiro atoms. The van der Waals surface area contributed by atoms with Gasteiger partial charge in [0.2, 0.25) is 0 Å². The Hall–Kier alpha value is -2.65. The molecule has 2 aliphatic heterocycles. The molecule has 3 rings (SSSR count). The fourth-order valence-electron chi connectivity index (χ4n) is 2.74. The molecule has 6 nitrogen and oxygen atoms in total. The Morgan fingerprint density at radius 1 is 1.23 bits per heavy atom. The second-order valence-electron chi connectivity index (χ2n) is 5.46. The number of hydrogen-bond donors (Lipinski definition) is 1. The van der Waals surface area contributed by atoms with Crippen molar-refractivity contribution in [1.29, 1.82) is 5.26 Å². The summed E-state index contributed by atoms with van der Waals surface area (Å²) >= 11 is 0. The Morgan fingerprint density at radius 3 is 2.59 bits per heavy atom. The molecule has 6 heteroatoms. The number of nitrogens with one attached hydrogen (secondary N) is 1. The van der Waals surface area contributed by atoms with E-state index in [4.69, 9.17) is 0 Å². The molecular formula is C16H16N4O2. The zero-order chi connectivity index (χ0) is 15.7. The largest absolute Gasteiger partial charge is 0.335 e. The molecule has 0 aliphatic carbocycles. The van der Waals surface area contributed by atoms with Crippen LogP contribution < -0.4 is 5.32 Å². The zero-order valence-corrected chi connectivity index (χ0v) is 12.3. The van der Waals surface area contributed by atoms with Crippen molar-refractivity contribution in [2.45, 2.75) is 0 Å². The van der Waals surface area contributed by atoms with Gasteiger partial charge in [0.1, 0.15) is 11.6 Å². The number of hydrogen-bond acceptors (Lipinski definition) is 4. The molecule has 1 aromatic rings. The number of nitrogens with zero attached hydrogens (tertiary/aromatic N) is 3. The average Bonchev–Trinajstić information content (AvgIpc) is 2.85. The van der Waals surface area contributed by atoms with Gasteiger partial charge in [-0.25, -0.2) is 0 Å². The van der Waals surface area contributed by atoms with Gasteiger partial charge in [0.25, 0.3) is 11.8 Å². The maximum atomic E-state index is 12.6. The van der Waals surface area contributed by atoms with Crippen LogP contribution in [0.5, 0.6) is 0 Å². The van der Waals surface area contributed by atoms with Crippen LogP contribution in [0.1, 0.15) is 5.56 Å². The van der Waals surface area contributed by atoms with E-state index in [-0.39, 0.29) is 23.0 Å². The first kappa shape index (κ1) is 14.3. The SMILES string of the molecule is CN1CCN(C(=O)/C(C#N)=C2\C(=O)Nc3ccccc32)CC1. The van der Waals surface area contributed by atoms with Gasteiger partial charge in [0, 0.05) is 37.4 Å². The number of piperazine rings is 1. The molecule has 0 atom stereocenters. The quantitative estimate of drug-likeness (QED) is 0.611. The first-order chi connectivity index (χ1) is 10.6. The number of amides is 2. The third-order valence-corrected chi connectivity index (χ3v) is 4.04. The van der Waals surface area contributed by atoms with Crippen molar-refractivity contribution in [3.05, 3.63) is 35.4 Å². The van der Waals surface area contributed by atoms with Crippen molar-refractivity contribution in [2.75, 3.05) is 38.5 Å². The third-order valence-electron chi connectivity index (χ3n) is 4.04. The maximum Gasteiger partial charge on any atom is 0.265 e. The molecule has 1 saturated heterocycles. The van der Waals surface area contributed by atoms with Crippen LogP contribution in [0, 0.1) is 11.3 Å². The van der Waals surface area contributed by atoms with Crippen molar-refractivity contribution in [3.63, 3.8) is 0 Å². The topological polar surface area (TPSA) is 76.4 Å². The lowest BCUT2D eigenvalue weighted by molar-refractivity contribution is -0.128. The van der Waals surface area contributed by atoms with Crippen molar-refractivity contribution >= 4 is 23.1 Å². The number of likely N-dealkylation sites (N-methyl/N-ethyl adjacent to an activating group) is 1. The predicted molar refractivity (Wildman–Crippen MR) is 81.7 cm³/mol. The van der Waals surface area contributed by atoms with Crippen molar-refractivity contribution in [1.82, 2.24) is 9.80 Å². The fourth-order valence-corrected chi connectivity index (χ4v) is 2.74. The van der Waals surface area contributed by atoms with Gasteiger partial charge in [-0.2, -0.15) is 5.26 Å². The summed E-state index contributed by atoms with van der Waals surface area (Å²) in [6.45, 7) is 2.67. The highest BCUT2D eigenvalue weighted by Gasteiger charge is 2.32. The molecule has 112 valence electrons. The Balaban J connectivity index is 1.98. The van der Waals surface area contributed by atoms with Crippen molar-refractivity contribution < 1.29 is 9.59 Å². The van der Waals surface area contributed by atoms with Gasteiger partial charge in [-0.3, -0.25) is 9.59 Å². The van der Waals surface area contributed by atoms with E-state index in [9.17, 15) is 14.9 Å². The number of benzene rings is 1. The van der Waals surface area contributed by atoms with Gasteiger partial charge in [0.15, 0.2) is 0 Å². The van der Waals surface area contributed by atoms with E-state index in [1.807, 2.05) is 13.1 Å². The third kappa shape index (κ3) is 2.36. The number of rotatable bonds is 1. The Morgan fingerprint density at radius 2 is 1.91 bits per heavy atom. The van der Waals surface area contributed by atoms with E-state index >= 15 is 0 Å². The lowest BCUT2D eigenvalue weighted by atomic mass is 10.0. The lowest BCUT2D eigenvalue weighted by Gasteiger charge is -2.32. The van der Waals surface area contributed by atoms with Crippen molar-refractivity contribution in [3.8, 4) is 6.07 Å². The summed E-state index contributed by atoms with van der Waals surface area (Å²) in [5.41, 5.74) is 1.36. The minimum atomic E-state index is -0.389. The minimum Gasteiger partial charge on any atom is -0.335 e. The maximum absolute atomic E-state index is 12.6. The number of nitriles is 1. The summed E-state index contributed by atoms with van der Waals surface area (Å²) in [4.78, 5) is 28.6. The van der Waals surface area contributed by atoms with Crippen LogP contribution in [-0.2, 0) is 9.59 Å². The molecule has 1 fully saturated rings. The monoisotopic (exact) mass is 296 g/mol. The summed E-state index contributed by atoms with van der Waals surface area (Å²) in [5.74, 6) is -0.752. The summed E-state index contributed by atoms with van der Waals surface area (Å²) < 4.78 is 0. The highest BCUT2D eigenvalue weighted by atomic mass is 16.2. The standard InChI is InChI=1S/C16H16N4O2/c1-19-6-8-20(9-7-19)16(22)12(10-17)14-11-4-2-3-5-13(11)18-15(14)21/h2-5H,6-9H2,1H3,(H,18,21)/b14-12-. The summed E-state index contributed by atoms with van der Waals surface area (Å²) in [7, 11) is 1.99. The van der Waals surface area contributed by atoms with Crippen LogP contribution in [0.25, 0.3) is 5.57 Å². The molecule has 1 N–H and O–H groups in total. The van der Waals surface area contributed by atoms with Gasteiger partial charge in [-0.05, 0) is 13.1 Å². The normalized spacial score (nSPS) is 20.2. The summed E-state index contributed by atoms with van der Waals surface area (Å²) in [6, 6.07) is 9.03. The predicted octanol–water partition coefficient (Wildman–Crippen LogP) is 0.690. The zero-order valence-electron chi connectivity index (χ0n) is 12.3. The van der Waals surface area contributed by atoms with E-state index < -0.39 is 0 Å². The molecular weight excluding hydrogens is 280 g/mol. The van der Waals surface area contributed by atoms with Gasteiger partial charge < -0.3 is 15.1 Å². The number of fused-ring (bicyclic) bond motifs is 1. The molecule has 0 saturated carbocycles. The van der Waals surface area contributed by atoms with E-state index in [1.54, 1.807) is 29.2 Å². The molecule has 2 heterocycles. The number of para-hydroxylation sites is 1. The van der Waals surface area contributed by atoms with Crippen LogP contribution in [-0.4, -0.2) is 54.8 Å². The highest BCUT2D eigenvalue weighted by molar-refractivity contribution is 6.36. The first-order valence-electron chi connectivity index (χ1n) is 7.14. The Labute approximate surface area is 128 Å². The summed E-state index contributed by atoms with van der Waals surface area (Å²) in [6.07, 6.45) is 0. The Kier molecular flexibility index (Phi) is 3.65. The van der Waals surface area contributed by atoms with Gasteiger partial charge in [-0.15, -0.1) is 0 Å². The summed E-state index contributed by atoms with van der Waals surface area (Å²) in [5, 5.41) is 12.1. The van der Waals surface area contributed by atoms with Crippen LogP contribution in [0.4, 0.5) is 5.69 Å². The molecule has 0 radical (unpaired) electrons. The highest BCUT2D eigenvalue weighted by Crippen LogP contribution is 2.33. The van der Waals surface area contributed by atoms with Gasteiger partial charge in [-0.1, -0.05) is 18.2 Å². The lowest BCUT2D eigenvalue weighted by Crippen LogP contribution is -2.47. The van der Waals surface area contributed by atoms with Crippen LogP contribution in [0.3, 0.4) is 0 Å². The molecule has 0 unspecified atom stereocenters. The average molecular weight is 296 g/mol. The second-order valence-corrected chi connectivity index (χ2v) is 5.46. The van der Waals surface area contributed by atoms with E-state index in [0.29, 0.717) is 24.3 Å². The van der Waals surface area contributed by atoms with Gasteiger partial charge >= 0.3 is 0 Å². The molecule has 0 bridgehead atoms. The number of carbonyl (C=O) groups is 2. The van der Waals surface area contributed by atoms with Crippen LogP contribution >= 0.6 is 0 Å². The number of anilines is 1.